The van der Waals surface area contributed by atoms with E-state index in [-0.39, 0.29) is 25.2 Å². The van der Waals surface area contributed by atoms with Crippen LogP contribution in [0.2, 0.25) is 0 Å². The number of carbonyl (C=O) groups excluding carboxylic acids is 2. The predicted octanol–water partition coefficient (Wildman–Crippen LogP) is 10.5. The average molecular weight is 591 g/mol. The molecule has 244 valence electrons. The van der Waals surface area contributed by atoms with Crippen molar-refractivity contribution in [3.05, 3.63) is 36.5 Å². The lowest BCUT2D eigenvalue weighted by Crippen LogP contribution is -2.28. The minimum atomic E-state index is -0.773. The maximum absolute atomic E-state index is 12.1. The first-order chi connectivity index (χ1) is 20.6. The lowest BCUT2D eigenvalue weighted by atomic mass is 10.0. The molecule has 0 saturated carbocycles. The van der Waals surface area contributed by atoms with Crippen LogP contribution in [0, 0.1) is 0 Å². The highest BCUT2D eigenvalue weighted by Crippen LogP contribution is 2.14. The fourth-order valence-corrected chi connectivity index (χ4v) is 4.80. The minimum Gasteiger partial charge on any atom is -0.462 e. The second kappa shape index (κ2) is 33.6. The molecule has 0 aromatic carbocycles. The predicted molar refractivity (Wildman–Crippen MR) is 178 cm³/mol. The zero-order chi connectivity index (χ0) is 30.8. The van der Waals surface area contributed by atoms with Gasteiger partial charge in [0, 0.05) is 12.8 Å². The van der Waals surface area contributed by atoms with E-state index >= 15 is 0 Å². The summed E-state index contributed by atoms with van der Waals surface area (Å²) in [5.74, 6) is -0.610. The highest BCUT2D eigenvalue weighted by Gasteiger charge is 2.16. The number of hydrogen-bond donors (Lipinski definition) is 1. The Labute approximate surface area is 259 Å². The Hall–Kier alpha value is -1.88. The van der Waals surface area contributed by atoms with E-state index < -0.39 is 6.10 Å². The van der Waals surface area contributed by atoms with Crippen LogP contribution < -0.4 is 0 Å². The van der Waals surface area contributed by atoms with Gasteiger partial charge in [0.05, 0.1) is 6.61 Å². The summed E-state index contributed by atoms with van der Waals surface area (Å²) < 4.78 is 10.6. The van der Waals surface area contributed by atoms with Crippen molar-refractivity contribution in [1.82, 2.24) is 0 Å². The summed E-state index contributed by atoms with van der Waals surface area (Å²) in [5.41, 5.74) is 0. The molecule has 0 aromatic heterocycles. The Morgan fingerprint density at radius 3 is 1.55 bits per heavy atom. The van der Waals surface area contributed by atoms with Crippen LogP contribution in [-0.4, -0.2) is 36.4 Å². The molecule has 0 heterocycles. The van der Waals surface area contributed by atoms with Gasteiger partial charge >= 0.3 is 11.9 Å². The average Bonchev–Trinajstić information content (AvgIpc) is 2.99. The van der Waals surface area contributed by atoms with Gasteiger partial charge in [-0.1, -0.05) is 147 Å². The van der Waals surface area contributed by atoms with E-state index in [4.69, 9.17) is 9.47 Å². The Kier molecular flexibility index (Phi) is 32.1. The Balaban J connectivity index is 3.60. The molecular weight excluding hydrogens is 524 g/mol. The van der Waals surface area contributed by atoms with E-state index in [1.165, 1.54) is 77.0 Å². The first kappa shape index (κ1) is 40.1. The number of rotatable bonds is 31. The van der Waals surface area contributed by atoms with Gasteiger partial charge in [0.15, 0.2) is 6.10 Å². The fraction of sp³-hybridized carbons (Fsp3) is 0.784. The Bertz CT molecular complexity index is 682. The van der Waals surface area contributed by atoms with Crippen LogP contribution >= 0.6 is 0 Å². The topological polar surface area (TPSA) is 72.8 Å². The molecular formula is C37H66O5. The minimum absolute atomic E-state index is 0.0728. The van der Waals surface area contributed by atoms with Crippen LogP contribution in [0.3, 0.4) is 0 Å². The molecule has 0 spiro atoms. The van der Waals surface area contributed by atoms with Gasteiger partial charge in [-0.25, -0.2) is 0 Å². The lowest BCUT2D eigenvalue weighted by Gasteiger charge is -2.15. The van der Waals surface area contributed by atoms with Crippen LogP contribution in [0.5, 0.6) is 0 Å². The molecule has 0 amide bonds. The van der Waals surface area contributed by atoms with Gasteiger partial charge < -0.3 is 14.6 Å². The maximum Gasteiger partial charge on any atom is 0.306 e. The summed E-state index contributed by atoms with van der Waals surface area (Å²) >= 11 is 0. The van der Waals surface area contributed by atoms with Crippen molar-refractivity contribution in [2.45, 2.75) is 174 Å². The summed E-state index contributed by atoms with van der Waals surface area (Å²) in [4.78, 5) is 24.1. The van der Waals surface area contributed by atoms with Crippen LogP contribution in [-0.2, 0) is 19.1 Å². The molecule has 0 radical (unpaired) electrons. The van der Waals surface area contributed by atoms with Crippen LogP contribution in [0.25, 0.3) is 0 Å². The Morgan fingerprint density at radius 1 is 0.571 bits per heavy atom. The van der Waals surface area contributed by atoms with Crippen molar-refractivity contribution in [2.24, 2.45) is 0 Å². The molecule has 0 saturated heterocycles. The van der Waals surface area contributed by atoms with Gasteiger partial charge in [-0.3, -0.25) is 9.59 Å². The fourth-order valence-electron chi connectivity index (χ4n) is 4.80. The summed E-state index contributed by atoms with van der Waals surface area (Å²) in [7, 11) is 0. The zero-order valence-corrected chi connectivity index (χ0v) is 27.5. The smallest absolute Gasteiger partial charge is 0.306 e. The number of hydrogen-bond acceptors (Lipinski definition) is 5. The zero-order valence-electron chi connectivity index (χ0n) is 27.5. The molecule has 0 rings (SSSR count). The molecule has 0 fully saturated rings. The second-order valence-corrected chi connectivity index (χ2v) is 11.6. The number of aliphatic hydroxyl groups is 1. The molecule has 1 N–H and O–H groups in total. The summed E-state index contributed by atoms with van der Waals surface area (Å²) in [6, 6.07) is 0. The number of carbonyl (C=O) groups is 2. The van der Waals surface area contributed by atoms with Gasteiger partial charge in [-0.2, -0.15) is 0 Å². The molecule has 0 bridgehead atoms. The molecule has 1 atom stereocenters. The SMILES string of the molecule is CCC=CCC=CCC=CCCCCCCCC(=O)OC[C@H](CO)OC(=O)CCCCCCCCCCCCCCC. The molecule has 0 aromatic rings. The van der Waals surface area contributed by atoms with Crippen molar-refractivity contribution in [3.8, 4) is 0 Å². The largest absolute Gasteiger partial charge is 0.462 e. The van der Waals surface area contributed by atoms with Gasteiger partial charge in [0.25, 0.3) is 0 Å². The van der Waals surface area contributed by atoms with Crippen molar-refractivity contribution in [2.75, 3.05) is 13.2 Å². The van der Waals surface area contributed by atoms with Gasteiger partial charge in [0.1, 0.15) is 6.61 Å². The molecule has 5 nitrogen and oxygen atoms in total. The van der Waals surface area contributed by atoms with Crippen LogP contribution in [0.4, 0.5) is 0 Å². The van der Waals surface area contributed by atoms with Crippen molar-refractivity contribution >= 4 is 11.9 Å². The number of allylic oxidation sites excluding steroid dienone is 6. The van der Waals surface area contributed by atoms with E-state index in [0.29, 0.717) is 12.8 Å². The maximum atomic E-state index is 12.1. The van der Waals surface area contributed by atoms with Crippen molar-refractivity contribution < 1.29 is 24.2 Å². The normalized spacial score (nSPS) is 12.5. The quantitative estimate of drug-likeness (QED) is 0.0494. The van der Waals surface area contributed by atoms with Crippen LogP contribution in [0.1, 0.15) is 168 Å². The Morgan fingerprint density at radius 2 is 1.02 bits per heavy atom. The molecule has 5 heteroatoms. The first-order valence-corrected chi connectivity index (χ1v) is 17.5. The van der Waals surface area contributed by atoms with E-state index in [1.807, 2.05) is 0 Å². The summed E-state index contributed by atoms with van der Waals surface area (Å²) in [6.45, 7) is 4.00. The number of unbranched alkanes of at least 4 members (excludes halogenated alkanes) is 17. The lowest BCUT2D eigenvalue weighted by molar-refractivity contribution is -0.161. The van der Waals surface area contributed by atoms with E-state index in [1.54, 1.807) is 0 Å². The number of ether oxygens (including phenoxy) is 2. The molecule has 0 aliphatic carbocycles. The van der Waals surface area contributed by atoms with Crippen molar-refractivity contribution in [1.29, 1.82) is 0 Å². The third kappa shape index (κ3) is 31.1. The molecule has 0 aliphatic rings. The third-order valence-corrected chi connectivity index (χ3v) is 7.45. The number of aliphatic hydroxyl groups excluding tert-OH is 1. The third-order valence-electron chi connectivity index (χ3n) is 7.45. The van der Waals surface area contributed by atoms with E-state index in [2.05, 4.69) is 50.3 Å². The van der Waals surface area contributed by atoms with Crippen molar-refractivity contribution in [3.63, 3.8) is 0 Å². The van der Waals surface area contributed by atoms with Gasteiger partial charge in [-0.15, -0.1) is 0 Å². The highest BCUT2D eigenvalue weighted by atomic mass is 16.6. The van der Waals surface area contributed by atoms with Crippen LogP contribution in [0.15, 0.2) is 36.5 Å². The number of esters is 2. The second-order valence-electron chi connectivity index (χ2n) is 11.6. The monoisotopic (exact) mass is 590 g/mol. The molecule has 42 heavy (non-hydrogen) atoms. The first-order valence-electron chi connectivity index (χ1n) is 17.5. The van der Waals surface area contributed by atoms with E-state index in [0.717, 1.165) is 64.2 Å². The standard InChI is InChI=1S/C37H66O5/c1-3-5-7-9-11-13-15-17-18-20-21-23-25-27-29-31-36(39)41-34-35(33-38)42-37(40)32-30-28-26-24-22-19-16-14-12-10-8-6-4-2/h5,7,11,13,17-18,35,38H,3-4,6,8-10,12,14-16,19-34H2,1-2H3/t35-/m0/s1. The van der Waals surface area contributed by atoms with Gasteiger partial charge in [0.2, 0.25) is 0 Å². The molecule has 0 unspecified atom stereocenters. The summed E-state index contributed by atoms with van der Waals surface area (Å²) in [5, 5.41) is 9.51. The van der Waals surface area contributed by atoms with E-state index in [9.17, 15) is 14.7 Å². The molecule has 0 aliphatic heterocycles. The highest BCUT2D eigenvalue weighted by molar-refractivity contribution is 5.70. The van der Waals surface area contributed by atoms with Gasteiger partial charge in [-0.05, 0) is 44.9 Å². The summed E-state index contributed by atoms with van der Waals surface area (Å²) in [6.07, 6.45) is 39.1.